The molecule has 0 saturated carbocycles. The highest BCUT2D eigenvalue weighted by atomic mass is 35.5. The smallest absolute Gasteiger partial charge is 0.157 e. The Balaban J connectivity index is 3.10. The zero-order chi connectivity index (χ0) is 11.4. The summed E-state index contributed by atoms with van der Waals surface area (Å²) >= 11 is 5.94. The summed E-state index contributed by atoms with van der Waals surface area (Å²) in [6.45, 7) is 3.56. The summed E-state index contributed by atoms with van der Waals surface area (Å²) in [5, 5.41) is 9.46. The van der Waals surface area contributed by atoms with Gasteiger partial charge in [0.25, 0.3) is 0 Å². The van der Waals surface area contributed by atoms with Crippen LogP contribution in [-0.2, 0) is 4.79 Å². The van der Waals surface area contributed by atoms with Gasteiger partial charge in [-0.15, -0.1) is 0 Å². The highest BCUT2D eigenvalue weighted by Crippen LogP contribution is 2.26. The average Bonchev–Trinajstić information content (AvgIpc) is 2.21. The minimum Gasteiger partial charge on any atom is -0.298 e. The molecule has 0 saturated heterocycles. The lowest BCUT2D eigenvalue weighted by Crippen LogP contribution is -2.16. The van der Waals surface area contributed by atoms with Gasteiger partial charge in [-0.1, -0.05) is 43.6 Å². The summed E-state index contributed by atoms with van der Waals surface area (Å²) in [6, 6.07) is 8.97. The molecule has 0 heterocycles. The number of halogens is 1. The second-order valence-corrected chi connectivity index (χ2v) is 4.05. The van der Waals surface area contributed by atoms with E-state index in [1.807, 2.05) is 6.07 Å². The SMILES string of the molecule is CC(C)C(=O)C(C#N)c1ccccc1Cl. The fraction of sp³-hybridized carbons (Fsp3) is 0.333. The number of benzene rings is 1. The van der Waals surface area contributed by atoms with Crippen molar-refractivity contribution in [3.05, 3.63) is 34.9 Å². The van der Waals surface area contributed by atoms with Crippen LogP contribution in [0, 0.1) is 17.2 Å². The van der Waals surface area contributed by atoms with Crippen LogP contribution in [0.15, 0.2) is 24.3 Å². The second kappa shape index (κ2) is 4.95. The summed E-state index contributed by atoms with van der Waals surface area (Å²) in [7, 11) is 0. The van der Waals surface area contributed by atoms with Gasteiger partial charge in [-0.3, -0.25) is 4.79 Å². The summed E-state index contributed by atoms with van der Waals surface area (Å²) in [5.41, 5.74) is 0.598. The van der Waals surface area contributed by atoms with Gasteiger partial charge in [-0.25, -0.2) is 0 Å². The van der Waals surface area contributed by atoms with Gasteiger partial charge in [0, 0.05) is 10.9 Å². The molecule has 2 nitrogen and oxygen atoms in total. The van der Waals surface area contributed by atoms with Crippen LogP contribution in [0.2, 0.25) is 5.02 Å². The molecule has 15 heavy (non-hydrogen) atoms. The first kappa shape index (κ1) is 11.7. The maximum absolute atomic E-state index is 11.7. The molecule has 0 aliphatic rings. The number of hydrogen-bond acceptors (Lipinski definition) is 2. The molecule has 3 heteroatoms. The maximum atomic E-state index is 11.7. The number of rotatable bonds is 3. The van der Waals surface area contributed by atoms with Crippen LogP contribution in [-0.4, -0.2) is 5.78 Å². The average molecular weight is 222 g/mol. The predicted octanol–water partition coefficient (Wildman–Crippen LogP) is 3.17. The number of hydrogen-bond donors (Lipinski definition) is 0. The van der Waals surface area contributed by atoms with Gasteiger partial charge in [-0.05, 0) is 11.6 Å². The molecule has 0 fully saturated rings. The Hall–Kier alpha value is -1.33. The van der Waals surface area contributed by atoms with Crippen molar-refractivity contribution < 1.29 is 4.79 Å². The minimum absolute atomic E-state index is 0.0920. The Morgan fingerprint density at radius 1 is 1.40 bits per heavy atom. The summed E-state index contributed by atoms with van der Waals surface area (Å²) < 4.78 is 0. The topological polar surface area (TPSA) is 40.9 Å². The number of nitrogens with zero attached hydrogens (tertiary/aromatic N) is 1. The first-order valence-electron chi connectivity index (χ1n) is 4.75. The van der Waals surface area contributed by atoms with Crippen LogP contribution in [0.3, 0.4) is 0 Å². The van der Waals surface area contributed by atoms with Crippen LogP contribution in [0.4, 0.5) is 0 Å². The van der Waals surface area contributed by atoms with E-state index in [0.29, 0.717) is 10.6 Å². The standard InChI is InChI=1S/C12H12ClNO/c1-8(2)12(15)10(7-14)9-5-3-4-6-11(9)13/h3-6,8,10H,1-2H3. The van der Waals surface area contributed by atoms with Crippen LogP contribution in [0.1, 0.15) is 25.3 Å². The largest absolute Gasteiger partial charge is 0.298 e. The number of ketones is 1. The zero-order valence-electron chi connectivity index (χ0n) is 8.70. The summed E-state index contributed by atoms with van der Waals surface area (Å²) in [4.78, 5) is 11.7. The van der Waals surface area contributed by atoms with Crippen molar-refractivity contribution in [1.29, 1.82) is 5.26 Å². The summed E-state index contributed by atoms with van der Waals surface area (Å²) in [6.07, 6.45) is 0. The van der Waals surface area contributed by atoms with Gasteiger partial charge in [0.2, 0.25) is 0 Å². The fourth-order valence-corrected chi connectivity index (χ4v) is 1.57. The fourth-order valence-electron chi connectivity index (χ4n) is 1.33. The van der Waals surface area contributed by atoms with Gasteiger partial charge in [-0.2, -0.15) is 5.26 Å². The van der Waals surface area contributed by atoms with E-state index in [4.69, 9.17) is 16.9 Å². The maximum Gasteiger partial charge on any atom is 0.157 e. The molecule has 1 aromatic carbocycles. The molecule has 0 aliphatic carbocycles. The van der Waals surface area contributed by atoms with E-state index in [9.17, 15) is 4.79 Å². The number of nitriles is 1. The molecule has 1 atom stereocenters. The number of carbonyl (C=O) groups excluding carboxylic acids is 1. The highest BCUT2D eigenvalue weighted by Gasteiger charge is 2.24. The van der Waals surface area contributed by atoms with Gasteiger partial charge in [0.15, 0.2) is 5.78 Å². The van der Waals surface area contributed by atoms with E-state index < -0.39 is 5.92 Å². The molecular weight excluding hydrogens is 210 g/mol. The first-order valence-corrected chi connectivity index (χ1v) is 5.13. The van der Waals surface area contributed by atoms with E-state index in [1.165, 1.54) is 0 Å². The quantitative estimate of drug-likeness (QED) is 0.787. The lowest BCUT2D eigenvalue weighted by molar-refractivity contribution is -0.122. The Morgan fingerprint density at radius 3 is 2.47 bits per heavy atom. The third-order valence-electron chi connectivity index (χ3n) is 2.20. The lowest BCUT2D eigenvalue weighted by atomic mass is 9.90. The molecule has 1 unspecified atom stereocenters. The normalized spacial score (nSPS) is 12.2. The van der Waals surface area contributed by atoms with Crippen molar-refractivity contribution in [2.24, 2.45) is 5.92 Å². The molecule has 0 N–H and O–H groups in total. The molecule has 1 aromatic rings. The zero-order valence-corrected chi connectivity index (χ0v) is 9.45. The Labute approximate surface area is 94.5 Å². The van der Waals surface area contributed by atoms with Crippen LogP contribution in [0.25, 0.3) is 0 Å². The van der Waals surface area contributed by atoms with Crippen molar-refractivity contribution in [2.75, 3.05) is 0 Å². The number of Topliss-reactive ketones (excluding diaryl/α,β-unsaturated/α-hetero) is 1. The van der Waals surface area contributed by atoms with Crippen molar-refractivity contribution in [3.8, 4) is 6.07 Å². The van der Waals surface area contributed by atoms with Crippen molar-refractivity contribution in [1.82, 2.24) is 0 Å². The van der Waals surface area contributed by atoms with Gasteiger partial charge >= 0.3 is 0 Å². The Kier molecular flexibility index (Phi) is 3.88. The third-order valence-corrected chi connectivity index (χ3v) is 2.54. The molecule has 0 aromatic heterocycles. The highest BCUT2D eigenvalue weighted by molar-refractivity contribution is 6.31. The second-order valence-electron chi connectivity index (χ2n) is 3.64. The lowest BCUT2D eigenvalue weighted by Gasteiger charge is -2.12. The van der Waals surface area contributed by atoms with Gasteiger partial charge in [0.1, 0.15) is 5.92 Å². The summed E-state index contributed by atoms with van der Waals surface area (Å²) in [5.74, 6) is -1.00. The van der Waals surface area contributed by atoms with E-state index in [2.05, 4.69) is 0 Å². The van der Waals surface area contributed by atoms with Crippen molar-refractivity contribution in [2.45, 2.75) is 19.8 Å². The molecule has 1 rings (SSSR count). The van der Waals surface area contributed by atoms with Crippen LogP contribution >= 0.6 is 11.6 Å². The van der Waals surface area contributed by atoms with E-state index in [1.54, 1.807) is 38.1 Å². The van der Waals surface area contributed by atoms with E-state index in [-0.39, 0.29) is 11.7 Å². The molecule has 0 radical (unpaired) electrons. The monoisotopic (exact) mass is 221 g/mol. The van der Waals surface area contributed by atoms with Gasteiger partial charge in [0.05, 0.1) is 6.07 Å². The molecule has 0 amide bonds. The van der Waals surface area contributed by atoms with E-state index >= 15 is 0 Å². The Bertz CT molecular complexity index is 406. The Morgan fingerprint density at radius 2 is 2.00 bits per heavy atom. The van der Waals surface area contributed by atoms with Crippen LogP contribution in [0.5, 0.6) is 0 Å². The third kappa shape index (κ3) is 2.57. The first-order chi connectivity index (χ1) is 7.07. The van der Waals surface area contributed by atoms with Crippen molar-refractivity contribution in [3.63, 3.8) is 0 Å². The van der Waals surface area contributed by atoms with Crippen LogP contribution < -0.4 is 0 Å². The molecule has 0 bridgehead atoms. The van der Waals surface area contributed by atoms with Crippen molar-refractivity contribution >= 4 is 17.4 Å². The number of carbonyl (C=O) groups is 1. The van der Waals surface area contributed by atoms with Gasteiger partial charge < -0.3 is 0 Å². The predicted molar refractivity (Wildman–Crippen MR) is 59.7 cm³/mol. The minimum atomic E-state index is -0.751. The molecular formula is C12H12ClNO. The molecule has 0 spiro atoms. The van der Waals surface area contributed by atoms with E-state index in [0.717, 1.165) is 0 Å². The molecule has 78 valence electrons. The molecule has 0 aliphatic heterocycles.